The topological polar surface area (TPSA) is 72.1 Å². The molecule has 5 nitrogen and oxygen atoms in total. The maximum Gasteiger partial charge on any atom is 0.257 e. The number of halogens is 1. The van der Waals surface area contributed by atoms with Crippen LogP contribution >= 0.6 is 11.6 Å². The van der Waals surface area contributed by atoms with E-state index in [0.717, 1.165) is 5.56 Å². The molecule has 1 aromatic heterocycles. The van der Waals surface area contributed by atoms with Gasteiger partial charge in [-0.3, -0.25) is 4.79 Å². The van der Waals surface area contributed by atoms with E-state index >= 15 is 0 Å². The summed E-state index contributed by atoms with van der Waals surface area (Å²) in [5.74, 6) is -0.0368. The zero-order valence-corrected chi connectivity index (χ0v) is 12.3. The Kier molecular flexibility index (Phi) is 3.90. The molecule has 0 radical (unpaired) electrons. The van der Waals surface area contributed by atoms with E-state index in [4.69, 9.17) is 17.3 Å². The molecule has 0 atom stereocenters. The van der Waals surface area contributed by atoms with E-state index in [-0.39, 0.29) is 11.9 Å². The number of carbonyl (C=O) groups excluding carboxylic acids is 1. The minimum absolute atomic E-state index is 0.132. The largest absolute Gasteiger partial charge is 0.368 e. The zero-order valence-electron chi connectivity index (χ0n) is 11.5. The van der Waals surface area contributed by atoms with Crippen LogP contribution in [-0.2, 0) is 0 Å². The van der Waals surface area contributed by atoms with Crippen LogP contribution in [0.2, 0.25) is 5.02 Å². The minimum Gasteiger partial charge on any atom is -0.368 e. The molecular weight excluding hydrogens is 276 g/mol. The Morgan fingerprint density at radius 3 is 2.60 bits per heavy atom. The van der Waals surface area contributed by atoms with Crippen LogP contribution < -0.4 is 5.73 Å². The Morgan fingerprint density at radius 1 is 1.30 bits per heavy atom. The highest BCUT2D eigenvalue weighted by Crippen LogP contribution is 2.27. The standard InChI is InChI=1S/C14H15ClN4O/c1-8-11(13(20)19(2)3)12(18-14(16)17-8)9-5-4-6-10(15)7-9/h4-7H,1-3H3,(H2,16,17,18). The first-order chi connectivity index (χ1) is 9.40. The van der Waals surface area contributed by atoms with Gasteiger partial charge in [-0.05, 0) is 19.1 Å². The highest BCUT2D eigenvalue weighted by atomic mass is 35.5. The second kappa shape index (κ2) is 5.46. The molecule has 0 aliphatic heterocycles. The molecule has 104 valence electrons. The van der Waals surface area contributed by atoms with E-state index in [1.54, 1.807) is 39.2 Å². The number of hydrogen-bond donors (Lipinski definition) is 1. The van der Waals surface area contributed by atoms with E-state index in [1.165, 1.54) is 4.90 Å². The van der Waals surface area contributed by atoms with Crippen LogP contribution in [0.4, 0.5) is 5.95 Å². The quantitative estimate of drug-likeness (QED) is 0.922. The van der Waals surface area contributed by atoms with Crippen molar-refractivity contribution < 1.29 is 4.79 Å². The van der Waals surface area contributed by atoms with Crippen molar-refractivity contribution in [1.82, 2.24) is 14.9 Å². The molecule has 2 N–H and O–H groups in total. The normalized spacial score (nSPS) is 10.4. The van der Waals surface area contributed by atoms with Crippen molar-refractivity contribution in [3.63, 3.8) is 0 Å². The maximum atomic E-state index is 12.3. The van der Waals surface area contributed by atoms with E-state index in [1.807, 2.05) is 6.07 Å². The molecule has 1 aromatic carbocycles. The molecule has 0 fully saturated rings. The van der Waals surface area contributed by atoms with Gasteiger partial charge in [-0.2, -0.15) is 0 Å². The Hall–Kier alpha value is -2.14. The van der Waals surface area contributed by atoms with Gasteiger partial charge in [0.25, 0.3) is 5.91 Å². The van der Waals surface area contributed by atoms with Crippen molar-refractivity contribution in [3.05, 3.63) is 40.5 Å². The molecule has 0 spiro atoms. The number of aryl methyl sites for hydroxylation is 1. The van der Waals surface area contributed by atoms with Crippen molar-refractivity contribution >= 4 is 23.5 Å². The summed E-state index contributed by atoms with van der Waals surface area (Å²) in [6.45, 7) is 1.74. The second-order valence-electron chi connectivity index (χ2n) is 4.60. The molecule has 1 amide bonds. The van der Waals surface area contributed by atoms with Crippen molar-refractivity contribution in [2.75, 3.05) is 19.8 Å². The number of rotatable bonds is 2. The molecule has 6 heteroatoms. The van der Waals surface area contributed by atoms with Crippen LogP contribution in [0, 0.1) is 6.92 Å². The van der Waals surface area contributed by atoms with Crippen molar-refractivity contribution in [2.45, 2.75) is 6.92 Å². The van der Waals surface area contributed by atoms with Gasteiger partial charge in [0.2, 0.25) is 5.95 Å². The number of nitrogen functional groups attached to an aromatic ring is 1. The molecule has 2 rings (SSSR count). The van der Waals surface area contributed by atoms with Gasteiger partial charge in [0, 0.05) is 24.7 Å². The third kappa shape index (κ3) is 2.72. The lowest BCUT2D eigenvalue weighted by molar-refractivity contribution is 0.0827. The van der Waals surface area contributed by atoms with E-state index in [2.05, 4.69) is 9.97 Å². The van der Waals surface area contributed by atoms with Gasteiger partial charge < -0.3 is 10.6 Å². The zero-order chi connectivity index (χ0) is 14.9. The number of benzene rings is 1. The molecule has 2 aromatic rings. The van der Waals surface area contributed by atoms with Crippen molar-refractivity contribution in [3.8, 4) is 11.3 Å². The lowest BCUT2D eigenvalue weighted by Crippen LogP contribution is -2.24. The van der Waals surface area contributed by atoms with E-state index < -0.39 is 0 Å². The smallest absolute Gasteiger partial charge is 0.257 e. The predicted molar refractivity (Wildman–Crippen MR) is 79.6 cm³/mol. The van der Waals surface area contributed by atoms with Gasteiger partial charge in [0.15, 0.2) is 0 Å². The molecule has 0 bridgehead atoms. The van der Waals surface area contributed by atoms with E-state index in [0.29, 0.717) is 22.0 Å². The Balaban J connectivity index is 2.71. The first kappa shape index (κ1) is 14.3. The summed E-state index contributed by atoms with van der Waals surface area (Å²) >= 11 is 6.00. The molecule has 0 aliphatic carbocycles. The van der Waals surface area contributed by atoms with Crippen LogP contribution in [0.1, 0.15) is 16.1 Å². The molecular formula is C14H15ClN4O. The van der Waals surface area contributed by atoms with Gasteiger partial charge >= 0.3 is 0 Å². The molecule has 0 saturated carbocycles. The van der Waals surface area contributed by atoms with Crippen LogP contribution in [0.5, 0.6) is 0 Å². The van der Waals surface area contributed by atoms with Gasteiger partial charge in [0.1, 0.15) is 0 Å². The van der Waals surface area contributed by atoms with E-state index in [9.17, 15) is 4.79 Å². The van der Waals surface area contributed by atoms with Crippen LogP contribution in [0.3, 0.4) is 0 Å². The Bertz CT molecular complexity index is 670. The van der Waals surface area contributed by atoms with Crippen LogP contribution in [-0.4, -0.2) is 34.9 Å². The number of nitrogens with zero attached hydrogens (tertiary/aromatic N) is 3. The van der Waals surface area contributed by atoms with Gasteiger partial charge in [-0.1, -0.05) is 23.7 Å². The predicted octanol–water partition coefficient (Wildman–Crippen LogP) is 2.39. The number of nitrogens with two attached hydrogens (primary N) is 1. The SMILES string of the molecule is Cc1nc(N)nc(-c2cccc(Cl)c2)c1C(=O)N(C)C. The fourth-order valence-corrected chi connectivity index (χ4v) is 2.11. The average Bonchev–Trinajstić information content (AvgIpc) is 2.37. The fraction of sp³-hybridized carbons (Fsp3) is 0.214. The third-order valence-corrected chi connectivity index (χ3v) is 3.06. The average molecular weight is 291 g/mol. The third-order valence-electron chi connectivity index (χ3n) is 2.83. The van der Waals surface area contributed by atoms with Gasteiger partial charge in [-0.25, -0.2) is 9.97 Å². The van der Waals surface area contributed by atoms with Crippen molar-refractivity contribution in [1.29, 1.82) is 0 Å². The Labute approximate surface area is 122 Å². The summed E-state index contributed by atoms with van der Waals surface area (Å²) in [6.07, 6.45) is 0. The molecule has 0 aliphatic rings. The number of hydrogen-bond acceptors (Lipinski definition) is 4. The van der Waals surface area contributed by atoms with Gasteiger partial charge in [0.05, 0.1) is 17.0 Å². The number of aromatic nitrogens is 2. The number of anilines is 1. The minimum atomic E-state index is -0.169. The maximum absolute atomic E-state index is 12.3. The summed E-state index contributed by atoms with van der Waals surface area (Å²) < 4.78 is 0. The fourth-order valence-electron chi connectivity index (χ4n) is 1.92. The van der Waals surface area contributed by atoms with Crippen molar-refractivity contribution in [2.24, 2.45) is 0 Å². The van der Waals surface area contributed by atoms with Gasteiger partial charge in [-0.15, -0.1) is 0 Å². The monoisotopic (exact) mass is 290 g/mol. The molecule has 0 saturated heterocycles. The first-order valence-corrected chi connectivity index (χ1v) is 6.39. The summed E-state index contributed by atoms with van der Waals surface area (Å²) in [5.41, 5.74) is 7.92. The first-order valence-electron chi connectivity index (χ1n) is 6.02. The molecule has 20 heavy (non-hydrogen) atoms. The molecule has 1 heterocycles. The Morgan fingerprint density at radius 2 is 2.00 bits per heavy atom. The number of amides is 1. The summed E-state index contributed by atoms with van der Waals surface area (Å²) in [7, 11) is 3.36. The summed E-state index contributed by atoms with van der Waals surface area (Å²) in [4.78, 5) is 22.1. The second-order valence-corrected chi connectivity index (χ2v) is 5.04. The highest BCUT2D eigenvalue weighted by molar-refractivity contribution is 6.30. The lowest BCUT2D eigenvalue weighted by atomic mass is 10.0. The highest BCUT2D eigenvalue weighted by Gasteiger charge is 2.20. The summed E-state index contributed by atoms with van der Waals surface area (Å²) in [6, 6.07) is 7.14. The van der Waals surface area contributed by atoms with Crippen LogP contribution in [0.25, 0.3) is 11.3 Å². The molecule has 0 unspecified atom stereocenters. The summed E-state index contributed by atoms with van der Waals surface area (Å²) in [5, 5.41) is 0.570. The lowest BCUT2D eigenvalue weighted by Gasteiger charge is -2.16. The number of carbonyl (C=O) groups is 1. The van der Waals surface area contributed by atoms with Crippen LogP contribution in [0.15, 0.2) is 24.3 Å².